The summed E-state index contributed by atoms with van der Waals surface area (Å²) in [5, 5.41) is 31.8. The van der Waals surface area contributed by atoms with Crippen LogP contribution in [0.4, 0.5) is 5.69 Å². The van der Waals surface area contributed by atoms with E-state index in [1.807, 2.05) is 19.9 Å². The molecule has 0 unspecified atom stereocenters. The molecule has 0 aliphatic carbocycles. The van der Waals surface area contributed by atoms with Gasteiger partial charge in [-0.25, -0.2) is 4.98 Å². The third-order valence-electron chi connectivity index (χ3n) is 6.10. The smallest absolute Gasteiger partial charge is 0.182 e. The van der Waals surface area contributed by atoms with Crippen molar-refractivity contribution in [2.45, 2.75) is 13.8 Å². The van der Waals surface area contributed by atoms with E-state index in [1.54, 1.807) is 12.1 Å². The van der Waals surface area contributed by atoms with Crippen molar-refractivity contribution in [2.24, 2.45) is 0 Å². The molecule has 0 radical (unpaired) electrons. The number of hydrogen-bond donors (Lipinski definition) is 3. The van der Waals surface area contributed by atoms with Gasteiger partial charge < -0.3 is 15.3 Å². The predicted molar refractivity (Wildman–Crippen MR) is 126 cm³/mol. The summed E-state index contributed by atoms with van der Waals surface area (Å²) in [6.45, 7) is 7.70. The summed E-state index contributed by atoms with van der Waals surface area (Å²) in [4.78, 5) is 7.09. The average Bonchev–Trinajstić information content (AvgIpc) is 3.20. The third-order valence-corrected chi connectivity index (χ3v) is 6.10. The maximum absolute atomic E-state index is 10.2. The van der Waals surface area contributed by atoms with Gasteiger partial charge in [0, 0.05) is 48.7 Å². The van der Waals surface area contributed by atoms with E-state index in [0.717, 1.165) is 59.5 Å². The molecule has 0 saturated carbocycles. The minimum atomic E-state index is 0.215. The highest BCUT2D eigenvalue weighted by Gasteiger charge is 2.22. The largest absolute Gasteiger partial charge is 0.508 e. The van der Waals surface area contributed by atoms with E-state index < -0.39 is 0 Å². The molecule has 3 heterocycles. The second-order valence-corrected chi connectivity index (χ2v) is 8.15. The molecule has 7 heteroatoms. The zero-order chi connectivity index (χ0) is 22.2. The van der Waals surface area contributed by atoms with Crippen LogP contribution in [0.2, 0.25) is 0 Å². The highest BCUT2D eigenvalue weighted by atomic mass is 16.3. The van der Waals surface area contributed by atoms with Crippen molar-refractivity contribution < 1.29 is 5.11 Å². The zero-order valence-corrected chi connectivity index (χ0v) is 18.1. The molecule has 32 heavy (non-hydrogen) atoms. The maximum atomic E-state index is 10.2. The van der Waals surface area contributed by atoms with Gasteiger partial charge >= 0.3 is 0 Å². The number of nitrogens with zero attached hydrogens (tertiary/aromatic N) is 4. The van der Waals surface area contributed by atoms with E-state index in [-0.39, 0.29) is 5.75 Å². The van der Waals surface area contributed by atoms with Gasteiger partial charge in [0.15, 0.2) is 5.65 Å². The van der Waals surface area contributed by atoms with E-state index in [4.69, 9.17) is 4.98 Å². The second kappa shape index (κ2) is 7.98. The van der Waals surface area contributed by atoms with Crippen molar-refractivity contribution in [3.05, 3.63) is 59.3 Å². The summed E-state index contributed by atoms with van der Waals surface area (Å²) in [6.07, 6.45) is 0. The van der Waals surface area contributed by atoms with E-state index in [9.17, 15) is 10.4 Å². The number of fused-ring (bicyclic) bond motifs is 1. The number of piperazine rings is 1. The van der Waals surface area contributed by atoms with Gasteiger partial charge in [-0.1, -0.05) is 12.1 Å². The number of aryl methyl sites for hydroxylation is 2. The summed E-state index contributed by atoms with van der Waals surface area (Å²) in [6, 6.07) is 16.1. The fourth-order valence-corrected chi connectivity index (χ4v) is 4.37. The molecule has 1 aliphatic rings. The molecule has 1 fully saturated rings. The molecule has 5 rings (SSSR count). The molecule has 0 spiro atoms. The van der Waals surface area contributed by atoms with Crippen LogP contribution in [0.15, 0.2) is 42.5 Å². The molecular formula is C25H24N6O. The number of aromatic amines is 1. The van der Waals surface area contributed by atoms with Crippen LogP contribution in [-0.2, 0) is 0 Å². The first-order chi connectivity index (χ1) is 15.6. The fraction of sp³-hybridized carbons (Fsp3) is 0.240. The Morgan fingerprint density at radius 2 is 1.75 bits per heavy atom. The Labute approximate surface area is 186 Å². The van der Waals surface area contributed by atoms with Crippen molar-refractivity contribution in [3.63, 3.8) is 0 Å². The van der Waals surface area contributed by atoms with E-state index in [1.165, 1.54) is 5.69 Å². The van der Waals surface area contributed by atoms with E-state index >= 15 is 0 Å². The Morgan fingerprint density at radius 3 is 2.44 bits per heavy atom. The standard InChI is InChI=1S/C25H24N6O/c1-15-13-18(5-8-21(15)32)24-20(14-26)23(22-16(2)29-30-25(22)28-24)17-3-6-19(7-4-17)31-11-9-27-10-12-31/h3-8,13,27,32H,9-12H2,1-2H3,(H,28,29,30). The molecule has 1 aliphatic heterocycles. The van der Waals surface area contributed by atoms with Crippen LogP contribution in [0.5, 0.6) is 5.75 Å². The predicted octanol–water partition coefficient (Wildman–Crippen LogP) is 3.90. The normalized spacial score (nSPS) is 14.0. The van der Waals surface area contributed by atoms with Crippen LogP contribution in [0.3, 0.4) is 0 Å². The summed E-state index contributed by atoms with van der Waals surface area (Å²) >= 11 is 0. The quantitative estimate of drug-likeness (QED) is 0.461. The molecule has 4 aromatic rings. The number of pyridine rings is 1. The van der Waals surface area contributed by atoms with Gasteiger partial charge in [0.1, 0.15) is 11.8 Å². The molecule has 0 bridgehead atoms. The number of aromatic hydroxyl groups is 1. The number of benzene rings is 2. The lowest BCUT2D eigenvalue weighted by molar-refractivity contribution is 0.471. The summed E-state index contributed by atoms with van der Waals surface area (Å²) < 4.78 is 0. The van der Waals surface area contributed by atoms with Crippen molar-refractivity contribution in [3.8, 4) is 34.2 Å². The van der Waals surface area contributed by atoms with Gasteiger partial charge in [-0.3, -0.25) is 5.10 Å². The average molecular weight is 425 g/mol. The van der Waals surface area contributed by atoms with Crippen molar-refractivity contribution in [2.75, 3.05) is 31.1 Å². The Hall–Kier alpha value is -3.89. The molecule has 1 saturated heterocycles. The Balaban J connectivity index is 1.70. The minimum Gasteiger partial charge on any atom is -0.508 e. The molecular weight excluding hydrogens is 400 g/mol. The van der Waals surface area contributed by atoms with E-state index in [0.29, 0.717) is 16.9 Å². The SMILES string of the molecule is Cc1cc(-c2nc3n[nH]c(C)c3c(-c3ccc(N4CCNCC4)cc3)c2C#N)ccc1O. The molecule has 0 amide bonds. The van der Waals surface area contributed by atoms with Gasteiger partial charge in [-0.2, -0.15) is 10.4 Å². The van der Waals surface area contributed by atoms with E-state index in [2.05, 4.69) is 50.7 Å². The topological polar surface area (TPSA) is 101 Å². The summed E-state index contributed by atoms with van der Waals surface area (Å²) in [5.74, 6) is 0.215. The molecule has 3 N–H and O–H groups in total. The lowest BCUT2D eigenvalue weighted by Crippen LogP contribution is -2.43. The van der Waals surface area contributed by atoms with Crippen LogP contribution in [0.1, 0.15) is 16.8 Å². The van der Waals surface area contributed by atoms with Crippen LogP contribution >= 0.6 is 0 Å². The Kier molecular flexibility index (Phi) is 5.00. The first-order valence-corrected chi connectivity index (χ1v) is 10.7. The van der Waals surface area contributed by atoms with Crippen molar-refractivity contribution in [1.29, 1.82) is 5.26 Å². The van der Waals surface area contributed by atoms with Crippen LogP contribution in [-0.4, -0.2) is 46.5 Å². The number of anilines is 1. The molecule has 2 aromatic carbocycles. The number of phenolic OH excluding ortho intramolecular Hbond substituents is 1. The Morgan fingerprint density at radius 1 is 1.03 bits per heavy atom. The van der Waals surface area contributed by atoms with Crippen LogP contribution in [0, 0.1) is 25.2 Å². The molecule has 2 aromatic heterocycles. The third kappa shape index (κ3) is 3.35. The number of nitrogens with one attached hydrogen (secondary N) is 2. The summed E-state index contributed by atoms with van der Waals surface area (Å²) in [5.41, 5.74) is 6.98. The lowest BCUT2D eigenvalue weighted by Gasteiger charge is -2.29. The first-order valence-electron chi connectivity index (χ1n) is 10.7. The Bertz CT molecular complexity index is 1340. The van der Waals surface area contributed by atoms with Gasteiger partial charge in [0.25, 0.3) is 0 Å². The number of rotatable bonds is 3. The van der Waals surface area contributed by atoms with Crippen molar-refractivity contribution in [1.82, 2.24) is 20.5 Å². The van der Waals surface area contributed by atoms with Crippen LogP contribution < -0.4 is 10.2 Å². The van der Waals surface area contributed by atoms with Gasteiger partial charge in [-0.15, -0.1) is 0 Å². The highest BCUT2D eigenvalue weighted by molar-refractivity contribution is 6.00. The highest BCUT2D eigenvalue weighted by Crippen LogP contribution is 2.38. The second-order valence-electron chi connectivity index (χ2n) is 8.15. The van der Waals surface area contributed by atoms with Gasteiger partial charge in [-0.05, 0) is 55.3 Å². The number of aromatic nitrogens is 3. The fourth-order valence-electron chi connectivity index (χ4n) is 4.37. The maximum Gasteiger partial charge on any atom is 0.182 e. The van der Waals surface area contributed by atoms with Crippen LogP contribution in [0.25, 0.3) is 33.4 Å². The first kappa shape index (κ1) is 20.0. The monoisotopic (exact) mass is 424 g/mol. The number of H-pyrrole nitrogens is 1. The van der Waals surface area contributed by atoms with Crippen molar-refractivity contribution >= 4 is 16.7 Å². The van der Waals surface area contributed by atoms with Gasteiger partial charge in [0.05, 0.1) is 16.6 Å². The van der Waals surface area contributed by atoms with Gasteiger partial charge in [0.2, 0.25) is 0 Å². The number of nitriles is 1. The zero-order valence-electron chi connectivity index (χ0n) is 18.1. The molecule has 160 valence electrons. The number of hydrogen-bond acceptors (Lipinski definition) is 6. The molecule has 7 nitrogen and oxygen atoms in total. The molecule has 0 atom stereocenters. The summed E-state index contributed by atoms with van der Waals surface area (Å²) in [7, 11) is 0. The number of phenols is 1. The minimum absolute atomic E-state index is 0.215. The lowest BCUT2D eigenvalue weighted by atomic mass is 9.92.